The third kappa shape index (κ3) is 5.98. The van der Waals surface area contributed by atoms with Crippen molar-refractivity contribution in [2.24, 2.45) is 5.41 Å². The number of nitro groups is 1. The average molecular weight is 500 g/mol. The summed E-state index contributed by atoms with van der Waals surface area (Å²) >= 11 is 0. The van der Waals surface area contributed by atoms with Crippen LogP contribution in [0.1, 0.15) is 31.4 Å². The molecule has 0 aliphatic carbocycles. The number of benzene rings is 1. The van der Waals surface area contributed by atoms with Gasteiger partial charge in [0.15, 0.2) is 5.79 Å². The van der Waals surface area contributed by atoms with Gasteiger partial charge in [-0.1, -0.05) is 22.7 Å². The number of ether oxygens (including phenoxy) is 4. The molecule has 1 fully saturated rings. The fourth-order valence-corrected chi connectivity index (χ4v) is 4.44. The fraction of sp³-hybridized carbons (Fsp3) is 0.571. The molecule has 0 amide bonds. The van der Waals surface area contributed by atoms with E-state index in [0.717, 1.165) is 5.56 Å². The Hall–Kier alpha value is -2.42. The van der Waals surface area contributed by atoms with E-state index in [1.807, 2.05) is 6.92 Å². The van der Waals surface area contributed by atoms with E-state index < -0.39 is 38.5 Å². The van der Waals surface area contributed by atoms with Crippen LogP contribution in [-0.2, 0) is 39.8 Å². The molecule has 1 aromatic carbocycles. The number of rotatable bonds is 10. The van der Waals surface area contributed by atoms with Gasteiger partial charge in [0, 0.05) is 14.2 Å². The van der Waals surface area contributed by atoms with Gasteiger partial charge in [-0.05, 0) is 37.8 Å². The minimum absolute atomic E-state index is 0.00477. The van der Waals surface area contributed by atoms with Crippen LogP contribution in [0.2, 0.25) is 0 Å². The summed E-state index contributed by atoms with van der Waals surface area (Å²) in [7, 11) is -1.32. The van der Waals surface area contributed by atoms with Gasteiger partial charge in [0.1, 0.15) is 6.20 Å². The van der Waals surface area contributed by atoms with Crippen LogP contribution in [0.4, 0.5) is 5.95 Å². The van der Waals surface area contributed by atoms with Gasteiger partial charge < -0.3 is 29.1 Å². The average Bonchev–Trinajstić information content (AvgIpc) is 3.19. The molecule has 0 unspecified atom stereocenters. The van der Waals surface area contributed by atoms with Crippen molar-refractivity contribution in [2.75, 3.05) is 34.0 Å². The molecule has 2 aromatic rings. The second-order valence-electron chi connectivity index (χ2n) is 8.66. The molecule has 1 saturated heterocycles. The molecule has 3 rings (SSSR count). The molecule has 12 nitrogen and oxygen atoms in total. The van der Waals surface area contributed by atoms with Gasteiger partial charge in [0.05, 0.1) is 36.7 Å². The first-order chi connectivity index (χ1) is 15.9. The Balaban J connectivity index is 1.91. The molecule has 1 aliphatic heterocycles. The van der Waals surface area contributed by atoms with Gasteiger partial charge in [-0.3, -0.25) is 4.18 Å². The number of hydrogen-bond donors (Lipinski definition) is 0. The first-order valence-corrected chi connectivity index (χ1v) is 11.8. The lowest BCUT2D eigenvalue weighted by Crippen LogP contribution is -2.51. The Morgan fingerprint density at radius 3 is 2.29 bits per heavy atom. The Morgan fingerprint density at radius 2 is 1.76 bits per heavy atom. The van der Waals surface area contributed by atoms with Crippen molar-refractivity contribution in [2.45, 2.75) is 44.3 Å². The zero-order chi connectivity index (χ0) is 25.1. The lowest BCUT2D eigenvalue weighted by atomic mass is 9.89. The summed E-state index contributed by atoms with van der Waals surface area (Å²) in [4.78, 5) is 15.0. The maximum absolute atomic E-state index is 12.8. The SMILES string of the molecule is COC(OC)c1cn(CC2(COS(=O)(=O)c3ccc(C)cc3)COC(C)(C)OC2)c([N+](=O)[O-])n1. The highest BCUT2D eigenvalue weighted by Gasteiger charge is 2.44. The summed E-state index contributed by atoms with van der Waals surface area (Å²) in [5, 5.41) is 11.7. The minimum Gasteiger partial charge on any atom is -0.390 e. The molecule has 0 radical (unpaired) electrons. The van der Waals surface area contributed by atoms with Gasteiger partial charge in [-0.2, -0.15) is 8.42 Å². The molecule has 1 aromatic heterocycles. The predicted molar refractivity (Wildman–Crippen MR) is 118 cm³/mol. The number of hydrogen-bond acceptors (Lipinski definition) is 10. The van der Waals surface area contributed by atoms with Crippen molar-refractivity contribution in [1.29, 1.82) is 0 Å². The van der Waals surface area contributed by atoms with Crippen LogP contribution in [0.3, 0.4) is 0 Å². The number of imidazole rings is 1. The maximum atomic E-state index is 12.8. The largest absolute Gasteiger partial charge is 0.435 e. The van der Waals surface area contributed by atoms with Crippen LogP contribution < -0.4 is 0 Å². The first-order valence-electron chi connectivity index (χ1n) is 10.4. The summed E-state index contributed by atoms with van der Waals surface area (Å²) in [5.41, 5.74) is 0.0319. The summed E-state index contributed by atoms with van der Waals surface area (Å²) in [6.45, 7) is 4.96. The van der Waals surface area contributed by atoms with Crippen molar-refractivity contribution in [3.05, 3.63) is 51.8 Å². The maximum Gasteiger partial charge on any atom is 0.435 e. The highest BCUT2D eigenvalue weighted by atomic mass is 32.2. The van der Waals surface area contributed by atoms with Crippen molar-refractivity contribution in [3.8, 4) is 0 Å². The van der Waals surface area contributed by atoms with E-state index in [1.165, 1.54) is 37.1 Å². The molecule has 188 valence electrons. The van der Waals surface area contributed by atoms with Gasteiger partial charge in [-0.25, -0.2) is 4.57 Å². The van der Waals surface area contributed by atoms with E-state index in [9.17, 15) is 18.5 Å². The summed E-state index contributed by atoms with van der Waals surface area (Å²) in [6.07, 6.45) is 0.512. The Bertz CT molecular complexity index is 1100. The van der Waals surface area contributed by atoms with Gasteiger partial charge in [0.25, 0.3) is 10.1 Å². The van der Waals surface area contributed by atoms with E-state index in [2.05, 4.69) is 4.98 Å². The molecule has 0 bridgehead atoms. The van der Waals surface area contributed by atoms with Crippen LogP contribution in [0, 0.1) is 22.5 Å². The molecular formula is C21H29N3O9S. The second kappa shape index (κ2) is 10.1. The number of aryl methyl sites for hydroxylation is 1. The van der Waals surface area contributed by atoms with Crippen molar-refractivity contribution in [3.63, 3.8) is 0 Å². The number of methoxy groups -OCH3 is 2. The molecular weight excluding hydrogens is 470 g/mol. The predicted octanol–water partition coefficient (Wildman–Crippen LogP) is 2.57. The molecule has 0 saturated carbocycles. The van der Waals surface area contributed by atoms with Gasteiger partial charge in [0.2, 0.25) is 12.0 Å². The van der Waals surface area contributed by atoms with Crippen molar-refractivity contribution in [1.82, 2.24) is 9.55 Å². The minimum atomic E-state index is -4.09. The van der Waals surface area contributed by atoms with E-state index in [0.29, 0.717) is 0 Å². The van der Waals surface area contributed by atoms with Crippen LogP contribution >= 0.6 is 0 Å². The molecule has 0 spiro atoms. The van der Waals surface area contributed by atoms with Crippen LogP contribution in [0.5, 0.6) is 0 Å². The zero-order valence-corrected chi connectivity index (χ0v) is 20.5. The van der Waals surface area contributed by atoms with Crippen LogP contribution in [0.15, 0.2) is 35.4 Å². The van der Waals surface area contributed by atoms with E-state index in [-0.39, 0.29) is 37.0 Å². The normalized spacial score (nSPS) is 17.7. The Labute approximate surface area is 198 Å². The molecule has 1 aliphatic rings. The fourth-order valence-electron chi connectivity index (χ4n) is 3.43. The monoisotopic (exact) mass is 499 g/mol. The van der Waals surface area contributed by atoms with E-state index >= 15 is 0 Å². The third-order valence-corrected chi connectivity index (χ3v) is 6.67. The summed E-state index contributed by atoms with van der Waals surface area (Å²) < 4.78 is 54.1. The van der Waals surface area contributed by atoms with Gasteiger partial charge in [-0.15, -0.1) is 0 Å². The Kier molecular flexibility index (Phi) is 7.75. The number of nitrogens with zero attached hydrogens (tertiary/aromatic N) is 3. The molecule has 0 N–H and O–H groups in total. The highest BCUT2D eigenvalue weighted by molar-refractivity contribution is 7.86. The first kappa shape index (κ1) is 26.2. The lowest BCUT2D eigenvalue weighted by molar-refractivity contribution is -0.397. The van der Waals surface area contributed by atoms with E-state index in [1.54, 1.807) is 26.0 Å². The third-order valence-electron chi connectivity index (χ3n) is 5.39. The van der Waals surface area contributed by atoms with Gasteiger partial charge >= 0.3 is 5.95 Å². The summed E-state index contributed by atoms with van der Waals surface area (Å²) in [5.74, 6) is -1.36. The van der Waals surface area contributed by atoms with E-state index in [4.69, 9.17) is 23.1 Å². The molecule has 2 heterocycles. The Morgan fingerprint density at radius 1 is 1.18 bits per heavy atom. The topological polar surface area (TPSA) is 141 Å². The van der Waals surface area contributed by atoms with Crippen LogP contribution in [-0.4, -0.2) is 62.7 Å². The zero-order valence-electron chi connectivity index (χ0n) is 19.7. The standard InChI is InChI=1S/C21H29N3O9S/c1-15-6-8-16(9-7-15)34(27,28)33-14-21(12-31-20(2,3)32-13-21)11-23-10-17(18(29-4)30-5)22-19(23)24(25)26/h6-10,18H,11-14H2,1-5H3. The van der Waals surface area contributed by atoms with Crippen molar-refractivity contribution < 1.29 is 36.5 Å². The quantitative estimate of drug-likeness (QED) is 0.207. The second-order valence-corrected chi connectivity index (χ2v) is 10.3. The summed E-state index contributed by atoms with van der Waals surface area (Å²) in [6, 6.07) is 6.24. The molecule has 34 heavy (non-hydrogen) atoms. The highest BCUT2D eigenvalue weighted by Crippen LogP contribution is 2.34. The smallest absolute Gasteiger partial charge is 0.390 e. The van der Waals surface area contributed by atoms with Crippen molar-refractivity contribution >= 4 is 16.1 Å². The van der Waals surface area contributed by atoms with Crippen LogP contribution in [0.25, 0.3) is 0 Å². The lowest BCUT2D eigenvalue weighted by Gasteiger charge is -2.42. The molecule has 0 atom stereocenters. The number of aromatic nitrogens is 2. The molecule has 13 heteroatoms.